The first kappa shape index (κ1) is 9.86. The largest absolute Gasteiger partial charge is 0.398 e. The van der Waals surface area contributed by atoms with Crippen LogP contribution in [-0.2, 0) is 4.79 Å². The monoisotopic (exact) mass is 219 g/mol. The lowest BCUT2D eigenvalue weighted by molar-refractivity contribution is -0.131. The van der Waals surface area contributed by atoms with Crippen LogP contribution in [0.25, 0.3) is 11.3 Å². The Balaban J connectivity index is 2.24. The Labute approximate surface area is 91.4 Å². The Kier molecular flexibility index (Phi) is 2.78. The Morgan fingerprint density at radius 3 is 2.73 bits per heavy atom. The summed E-state index contributed by atoms with van der Waals surface area (Å²) in [5.74, 6) is -0.344. The molecule has 4 heteroatoms. The maximum absolute atomic E-state index is 10.7. The molecule has 0 radical (unpaired) electrons. The first-order valence-corrected chi connectivity index (χ1v) is 5.33. The predicted octanol–water partition coefficient (Wildman–Crippen LogP) is 2.74. The molecule has 0 bridgehead atoms. The van der Waals surface area contributed by atoms with Gasteiger partial charge in [0.15, 0.2) is 0 Å². The van der Waals surface area contributed by atoms with E-state index < -0.39 is 0 Å². The molecule has 0 aliphatic carbocycles. The second-order valence-corrected chi connectivity index (χ2v) is 3.78. The molecule has 0 aliphatic heterocycles. The minimum atomic E-state index is -0.344. The SMILES string of the molecule is CC(=O)Oc1nc(-c2ccccc2)cs1. The van der Waals surface area contributed by atoms with Crippen molar-refractivity contribution >= 4 is 17.3 Å². The molecule has 0 spiro atoms. The molecule has 0 aliphatic rings. The lowest BCUT2D eigenvalue weighted by atomic mass is 10.2. The second kappa shape index (κ2) is 4.23. The highest BCUT2D eigenvalue weighted by molar-refractivity contribution is 7.11. The molecule has 0 saturated carbocycles. The quantitative estimate of drug-likeness (QED) is 0.729. The first-order valence-electron chi connectivity index (χ1n) is 4.45. The highest BCUT2D eigenvalue weighted by Gasteiger charge is 2.06. The van der Waals surface area contributed by atoms with Crippen LogP contribution < -0.4 is 4.74 Å². The fourth-order valence-corrected chi connectivity index (χ4v) is 1.89. The third-order valence-corrected chi connectivity index (χ3v) is 2.50. The van der Waals surface area contributed by atoms with Gasteiger partial charge in [-0.05, 0) is 0 Å². The molecule has 0 fully saturated rings. The van der Waals surface area contributed by atoms with E-state index in [9.17, 15) is 4.79 Å². The number of thiazole rings is 1. The number of esters is 1. The predicted molar refractivity (Wildman–Crippen MR) is 58.9 cm³/mol. The van der Waals surface area contributed by atoms with Crippen LogP contribution in [0.1, 0.15) is 6.92 Å². The van der Waals surface area contributed by atoms with E-state index in [0.717, 1.165) is 11.3 Å². The fraction of sp³-hybridized carbons (Fsp3) is 0.0909. The number of hydrogen-bond donors (Lipinski definition) is 0. The van der Waals surface area contributed by atoms with Gasteiger partial charge in [0.05, 0.1) is 5.69 Å². The van der Waals surface area contributed by atoms with Gasteiger partial charge in [-0.15, -0.1) is 0 Å². The Morgan fingerprint density at radius 2 is 2.07 bits per heavy atom. The van der Waals surface area contributed by atoms with Crippen LogP contribution in [-0.4, -0.2) is 11.0 Å². The van der Waals surface area contributed by atoms with E-state index in [1.54, 1.807) is 0 Å². The molecule has 0 unspecified atom stereocenters. The van der Waals surface area contributed by atoms with Crippen molar-refractivity contribution in [2.75, 3.05) is 0 Å². The third-order valence-electron chi connectivity index (χ3n) is 1.78. The highest BCUT2D eigenvalue weighted by Crippen LogP contribution is 2.25. The molecule has 0 N–H and O–H groups in total. The molecule has 76 valence electrons. The van der Waals surface area contributed by atoms with Crippen LogP contribution in [0.5, 0.6) is 5.19 Å². The van der Waals surface area contributed by atoms with E-state index >= 15 is 0 Å². The number of benzene rings is 1. The molecule has 2 aromatic rings. The average molecular weight is 219 g/mol. The minimum absolute atomic E-state index is 0.344. The standard InChI is InChI=1S/C11H9NO2S/c1-8(13)14-11-12-10(7-15-11)9-5-3-2-4-6-9/h2-7H,1H3. The topological polar surface area (TPSA) is 39.2 Å². The smallest absolute Gasteiger partial charge is 0.309 e. The summed E-state index contributed by atoms with van der Waals surface area (Å²) >= 11 is 1.32. The molecule has 15 heavy (non-hydrogen) atoms. The van der Waals surface area contributed by atoms with Gasteiger partial charge >= 0.3 is 5.97 Å². The molecule has 1 aromatic heterocycles. The highest BCUT2D eigenvalue weighted by atomic mass is 32.1. The van der Waals surface area contributed by atoms with Crippen molar-refractivity contribution < 1.29 is 9.53 Å². The summed E-state index contributed by atoms with van der Waals surface area (Å²) in [5.41, 5.74) is 1.85. The van der Waals surface area contributed by atoms with Crippen molar-refractivity contribution in [3.63, 3.8) is 0 Å². The van der Waals surface area contributed by atoms with Crippen LogP contribution in [0.15, 0.2) is 35.7 Å². The minimum Gasteiger partial charge on any atom is -0.398 e. The summed E-state index contributed by atoms with van der Waals surface area (Å²) in [5, 5.41) is 2.26. The molecule has 1 aromatic carbocycles. The van der Waals surface area contributed by atoms with Gasteiger partial charge < -0.3 is 4.74 Å². The van der Waals surface area contributed by atoms with Crippen LogP contribution >= 0.6 is 11.3 Å². The first-order chi connectivity index (χ1) is 7.25. The number of aromatic nitrogens is 1. The van der Waals surface area contributed by atoms with Gasteiger partial charge in [0, 0.05) is 17.9 Å². The Hall–Kier alpha value is -1.68. The van der Waals surface area contributed by atoms with Crippen molar-refractivity contribution in [1.29, 1.82) is 0 Å². The van der Waals surface area contributed by atoms with Gasteiger partial charge in [0.2, 0.25) is 0 Å². The van der Waals surface area contributed by atoms with Gasteiger partial charge in [-0.3, -0.25) is 4.79 Å². The molecule has 1 heterocycles. The third kappa shape index (κ3) is 2.41. The summed E-state index contributed by atoms with van der Waals surface area (Å²) in [6.45, 7) is 1.36. The lowest BCUT2D eigenvalue weighted by Crippen LogP contribution is -2.00. The Morgan fingerprint density at radius 1 is 1.33 bits per heavy atom. The van der Waals surface area contributed by atoms with Gasteiger partial charge in [-0.1, -0.05) is 41.7 Å². The van der Waals surface area contributed by atoms with Gasteiger partial charge in [0.25, 0.3) is 5.19 Å². The van der Waals surface area contributed by atoms with Crippen molar-refractivity contribution in [2.24, 2.45) is 0 Å². The zero-order valence-corrected chi connectivity index (χ0v) is 8.95. The summed E-state index contributed by atoms with van der Waals surface area (Å²) in [6, 6.07) is 9.77. The maximum Gasteiger partial charge on any atom is 0.309 e. The van der Waals surface area contributed by atoms with Crippen molar-refractivity contribution in [3.8, 4) is 16.5 Å². The summed E-state index contributed by atoms with van der Waals surface area (Å²) in [7, 11) is 0. The summed E-state index contributed by atoms with van der Waals surface area (Å²) < 4.78 is 4.88. The van der Waals surface area contributed by atoms with Crippen LogP contribution in [0.4, 0.5) is 0 Å². The van der Waals surface area contributed by atoms with Gasteiger partial charge in [-0.25, -0.2) is 4.98 Å². The number of nitrogens with zero attached hydrogens (tertiary/aromatic N) is 1. The second-order valence-electron chi connectivity index (χ2n) is 2.96. The Bertz CT molecular complexity index is 464. The molecular weight excluding hydrogens is 210 g/mol. The zero-order valence-electron chi connectivity index (χ0n) is 8.14. The fourth-order valence-electron chi connectivity index (χ4n) is 1.17. The molecule has 2 rings (SSSR count). The number of hydrogen-bond acceptors (Lipinski definition) is 4. The zero-order chi connectivity index (χ0) is 10.7. The number of ether oxygens (including phenoxy) is 1. The van der Waals surface area contributed by atoms with Crippen molar-refractivity contribution in [2.45, 2.75) is 6.92 Å². The van der Waals surface area contributed by atoms with Crippen LogP contribution in [0.2, 0.25) is 0 Å². The summed E-state index contributed by atoms with van der Waals surface area (Å²) in [6.07, 6.45) is 0. The molecule has 3 nitrogen and oxygen atoms in total. The molecule has 0 amide bonds. The maximum atomic E-state index is 10.7. The van der Waals surface area contributed by atoms with Gasteiger partial charge in [-0.2, -0.15) is 0 Å². The van der Waals surface area contributed by atoms with E-state index in [1.165, 1.54) is 18.3 Å². The number of carbonyl (C=O) groups is 1. The van der Waals surface area contributed by atoms with Crippen molar-refractivity contribution in [3.05, 3.63) is 35.7 Å². The van der Waals surface area contributed by atoms with E-state index in [4.69, 9.17) is 4.74 Å². The number of carbonyl (C=O) groups excluding carboxylic acids is 1. The lowest BCUT2D eigenvalue weighted by Gasteiger charge is -1.94. The van der Waals surface area contributed by atoms with Gasteiger partial charge in [0.1, 0.15) is 0 Å². The van der Waals surface area contributed by atoms with Crippen LogP contribution in [0, 0.1) is 0 Å². The van der Waals surface area contributed by atoms with E-state index in [-0.39, 0.29) is 5.97 Å². The van der Waals surface area contributed by atoms with E-state index in [1.807, 2.05) is 35.7 Å². The molecular formula is C11H9NO2S. The van der Waals surface area contributed by atoms with E-state index in [2.05, 4.69) is 4.98 Å². The molecule has 0 saturated heterocycles. The molecule has 0 atom stereocenters. The van der Waals surface area contributed by atoms with Crippen molar-refractivity contribution in [1.82, 2.24) is 4.98 Å². The average Bonchev–Trinajstić information content (AvgIpc) is 2.67. The normalized spacial score (nSPS) is 9.93. The number of rotatable bonds is 2. The van der Waals surface area contributed by atoms with E-state index in [0.29, 0.717) is 5.19 Å². The summed E-state index contributed by atoms with van der Waals surface area (Å²) in [4.78, 5) is 14.9. The van der Waals surface area contributed by atoms with Crippen LogP contribution in [0.3, 0.4) is 0 Å².